The number of phenolic OH excluding ortho intramolecular Hbond substituents is 1. The van der Waals surface area contributed by atoms with Crippen molar-refractivity contribution < 1.29 is 36.2 Å². The summed E-state index contributed by atoms with van der Waals surface area (Å²) in [5.41, 5.74) is -5.43. The maximum Gasteiger partial charge on any atom is 0.511 e. The van der Waals surface area contributed by atoms with Gasteiger partial charge >= 0.3 is 21.5 Å². The smallest absolute Gasteiger partial charge is 0.507 e. The van der Waals surface area contributed by atoms with Crippen LogP contribution in [0.3, 0.4) is 0 Å². The van der Waals surface area contributed by atoms with Crippen molar-refractivity contribution >= 4 is 38.6 Å². The molecule has 1 aromatic carbocycles. The highest BCUT2D eigenvalue weighted by Gasteiger charge is 2.45. The Morgan fingerprint density at radius 3 is 2.52 bits per heavy atom. The highest BCUT2D eigenvalue weighted by molar-refractivity contribution is 14.1. The minimum absolute atomic E-state index is 0.0201. The quantitative estimate of drug-likeness (QED) is 0.415. The van der Waals surface area contributed by atoms with Crippen LogP contribution in [0, 0.1) is 3.57 Å². The van der Waals surface area contributed by atoms with E-state index in [1.165, 1.54) is 22.9 Å². The molecular formula is C10H9F3INO5S. The van der Waals surface area contributed by atoms with Crippen LogP contribution in [0.5, 0.6) is 11.5 Å². The molecule has 1 rings (SSSR count). The topological polar surface area (TPSA) is 92.7 Å². The zero-order valence-electron chi connectivity index (χ0n) is 10.1. The Balaban J connectivity index is 2.50. The summed E-state index contributed by atoms with van der Waals surface area (Å²) in [6, 6.07) is 3.90. The van der Waals surface area contributed by atoms with Crippen LogP contribution in [0.25, 0.3) is 0 Å². The molecule has 0 heterocycles. The number of sulfonamides is 1. The molecule has 0 radical (unpaired) electrons. The van der Waals surface area contributed by atoms with E-state index in [1.54, 1.807) is 22.6 Å². The lowest BCUT2D eigenvalue weighted by Crippen LogP contribution is -2.37. The fourth-order valence-corrected chi connectivity index (χ4v) is 2.12. The van der Waals surface area contributed by atoms with Gasteiger partial charge in [0.2, 0.25) is 0 Å². The van der Waals surface area contributed by atoms with E-state index < -0.39 is 34.5 Å². The summed E-state index contributed by atoms with van der Waals surface area (Å²) >= 11 is 1.79. The summed E-state index contributed by atoms with van der Waals surface area (Å²) < 4.78 is 63.7. The van der Waals surface area contributed by atoms with Gasteiger partial charge in [-0.3, -0.25) is 4.79 Å². The van der Waals surface area contributed by atoms with Gasteiger partial charge in [0.05, 0.1) is 9.99 Å². The molecule has 118 valence electrons. The molecular weight excluding hydrogens is 430 g/mol. The number of carbonyl (C=O) groups excluding carboxylic acids is 1. The second-order valence-electron chi connectivity index (χ2n) is 3.68. The van der Waals surface area contributed by atoms with E-state index in [1.807, 2.05) is 0 Å². The molecule has 0 saturated carbocycles. The van der Waals surface area contributed by atoms with E-state index in [2.05, 4.69) is 0 Å². The second-order valence-corrected chi connectivity index (χ2v) is 6.60. The van der Waals surface area contributed by atoms with Crippen LogP contribution in [0.4, 0.5) is 13.2 Å². The predicted molar refractivity (Wildman–Crippen MR) is 74.1 cm³/mol. The molecule has 0 unspecified atom stereocenters. The molecule has 6 nitrogen and oxygen atoms in total. The summed E-state index contributed by atoms with van der Waals surface area (Å²) in [6.07, 6.45) is -0.577. The number of halogens is 4. The summed E-state index contributed by atoms with van der Waals surface area (Å²) in [6.45, 7) is -0.740. The number of benzene rings is 1. The third-order valence-corrected chi connectivity index (χ3v) is 4.13. The highest BCUT2D eigenvalue weighted by Crippen LogP contribution is 2.24. The Morgan fingerprint density at radius 2 is 2.00 bits per heavy atom. The van der Waals surface area contributed by atoms with Gasteiger partial charge in [-0.1, -0.05) is 0 Å². The summed E-state index contributed by atoms with van der Waals surface area (Å²) in [4.78, 5) is 11.3. The first-order valence-electron chi connectivity index (χ1n) is 5.28. The zero-order valence-corrected chi connectivity index (χ0v) is 13.1. The number of carbonyl (C=O) groups is 1. The first-order valence-corrected chi connectivity index (χ1v) is 7.84. The van der Waals surface area contributed by atoms with Crippen molar-refractivity contribution in [3.8, 4) is 11.5 Å². The third-order valence-electron chi connectivity index (χ3n) is 2.08. The van der Waals surface area contributed by atoms with E-state index in [9.17, 15) is 31.5 Å². The molecule has 0 spiro atoms. The van der Waals surface area contributed by atoms with Gasteiger partial charge in [-0.2, -0.15) is 13.2 Å². The van der Waals surface area contributed by atoms with Gasteiger partial charge in [-0.05, 0) is 40.8 Å². The average Bonchev–Trinajstić information content (AvgIpc) is 2.32. The van der Waals surface area contributed by atoms with Gasteiger partial charge in [0, 0.05) is 6.54 Å². The van der Waals surface area contributed by atoms with E-state index >= 15 is 0 Å². The minimum Gasteiger partial charge on any atom is -0.507 e. The zero-order chi connectivity index (χ0) is 16.3. The number of aromatic hydroxyl groups is 1. The SMILES string of the molecule is O=C(CCNS(=O)(=O)C(F)(F)F)Oc1ccc(O)c(I)c1. The van der Waals surface area contributed by atoms with Crippen LogP contribution < -0.4 is 9.46 Å². The third kappa shape index (κ3) is 5.32. The largest absolute Gasteiger partial charge is 0.511 e. The first kappa shape index (κ1) is 18.0. The number of nitrogens with one attached hydrogen (secondary N) is 1. The fraction of sp³-hybridized carbons (Fsp3) is 0.300. The standard InChI is InChI=1S/C10H9F3INO5S/c11-10(12,13)21(18,19)15-4-3-9(17)20-6-1-2-8(16)7(14)5-6/h1-2,5,15-16H,3-4H2. The van der Waals surface area contributed by atoms with Gasteiger partial charge in [0.15, 0.2) is 0 Å². The van der Waals surface area contributed by atoms with Crippen molar-refractivity contribution in [1.82, 2.24) is 4.72 Å². The Labute approximate surface area is 131 Å². The molecule has 0 fully saturated rings. The van der Waals surface area contributed by atoms with Gasteiger partial charge in [-0.15, -0.1) is 0 Å². The van der Waals surface area contributed by atoms with Crippen LogP contribution in [0.1, 0.15) is 6.42 Å². The summed E-state index contributed by atoms with van der Waals surface area (Å²) in [5.74, 6) is -0.851. The Kier molecular flexibility index (Phi) is 5.81. The molecule has 21 heavy (non-hydrogen) atoms. The van der Waals surface area contributed by atoms with Crippen LogP contribution in [-0.2, 0) is 14.8 Å². The predicted octanol–water partition coefficient (Wildman–Crippen LogP) is 1.73. The highest BCUT2D eigenvalue weighted by atomic mass is 127. The molecule has 0 aromatic heterocycles. The maximum absolute atomic E-state index is 12.0. The molecule has 0 aliphatic rings. The monoisotopic (exact) mass is 439 g/mol. The Hall–Kier alpha value is -1.08. The van der Waals surface area contributed by atoms with E-state index in [-0.39, 0.29) is 11.5 Å². The number of alkyl halides is 3. The van der Waals surface area contributed by atoms with E-state index in [4.69, 9.17) is 4.74 Å². The normalized spacial score (nSPS) is 12.2. The number of hydrogen-bond donors (Lipinski definition) is 2. The molecule has 2 N–H and O–H groups in total. The molecule has 0 bridgehead atoms. The van der Waals surface area contributed by atoms with Crippen LogP contribution in [-0.4, -0.2) is 31.5 Å². The van der Waals surface area contributed by atoms with Crippen LogP contribution in [0.2, 0.25) is 0 Å². The van der Waals surface area contributed by atoms with E-state index in [0.29, 0.717) is 3.57 Å². The molecule has 11 heteroatoms. The lowest BCUT2D eigenvalue weighted by atomic mass is 10.3. The minimum atomic E-state index is -5.47. The van der Waals surface area contributed by atoms with Crippen LogP contribution >= 0.6 is 22.6 Å². The van der Waals surface area contributed by atoms with Crippen molar-refractivity contribution in [2.75, 3.05) is 6.54 Å². The fourth-order valence-electron chi connectivity index (χ4n) is 1.10. The second kappa shape index (κ2) is 6.79. The Bertz CT molecular complexity index is 632. The van der Waals surface area contributed by atoms with Crippen molar-refractivity contribution in [3.05, 3.63) is 21.8 Å². The van der Waals surface area contributed by atoms with Gasteiger partial charge in [0.1, 0.15) is 11.5 Å². The van der Waals surface area contributed by atoms with Crippen molar-refractivity contribution in [2.24, 2.45) is 0 Å². The van der Waals surface area contributed by atoms with Crippen molar-refractivity contribution in [2.45, 2.75) is 11.9 Å². The number of rotatable bonds is 5. The Morgan fingerprint density at radius 1 is 1.38 bits per heavy atom. The van der Waals surface area contributed by atoms with Crippen LogP contribution in [0.15, 0.2) is 18.2 Å². The molecule has 0 aliphatic heterocycles. The summed E-state index contributed by atoms with van der Waals surface area (Å²) in [5, 5.41) is 9.25. The molecule has 0 atom stereocenters. The molecule has 1 aromatic rings. The van der Waals surface area contributed by atoms with Crippen molar-refractivity contribution in [1.29, 1.82) is 0 Å². The maximum atomic E-state index is 12.0. The van der Waals surface area contributed by atoms with Gasteiger partial charge in [0.25, 0.3) is 0 Å². The number of hydrogen-bond acceptors (Lipinski definition) is 5. The van der Waals surface area contributed by atoms with Gasteiger partial charge < -0.3 is 9.84 Å². The average molecular weight is 439 g/mol. The lowest BCUT2D eigenvalue weighted by Gasteiger charge is -2.09. The van der Waals surface area contributed by atoms with Gasteiger partial charge in [-0.25, -0.2) is 13.1 Å². The van der Waals surface area contributed by atoms with E-state index in [0.717, 1.165) is 0 Å². The number of ether oxygens (including phenoxy) is 1. The lowest BCUT2D eigenvalue weighted by molar-refractivity contribution is -0.134. The first-order chi connectivity index (χ1) is 9.53. The number of esters is 1. The number of phenols is 1. The van der Waals surface area contributed by atoms with Crippen molar-refractivity contribution in [3.63, 3.8) is 0 Å². The molecule has 0 amide bonds. The molecule has 0 aliphatic carbocycles. The molecule has 0 saturated heterocycles. The summed E-state index contributed by atoms with van der Waals surface area (Å²) in [7, 11) is -5.47.